The molecule has 0 atom stereocenters. The number of pyridine rings is 1. The first-order chi connectivity index (χ1) is 12.0. The molecule has 4 aromatic rings. The first kappa shape index (κ1) is 16.4. The predicted molar refractivity (Wildman–Crippen MR) is 101 cm³/mol. The number of hydrogen-bond acceptors (Lipinski definition) is 4. The van der Waals surface area contributed by atoms with Crippen molar-refractivity contribution in [1.29, 1.82) is 0 Å². The van der Waals surface area contributed by atoms with Gasteiger partial charge in [-0.15, -0.1) is 0 Å². The Hall–Kier alpha value is -2.02. The molecule has 0 saturated heterocycles. The fraction of sp³-hybridized carbons (Fsp3) is 0.176. The highest BCUT2D eigenvalue weighted by Gasteiger charge is 2.17. The molecule has 0 N–H and O–H groups in total. The number of nitrogens with zero attached hydrogens (tertiary/aromatic N) is 3. The fourth-order valence-electron chi connectivity index (χ4n) is 2.78. The van der Waals surface area contributed by atoms with Crippen LogP contribution in [0.25, 0.3) is 15.9 Å². The molecule has 0 aliphatic rings. The Labute approximate surface area is 157 Å². The molecule has 0 amide bonds. The summed E-state index contributed by atoms with van der Waals surface area (Å²) in [5.41, 5.74) is 2.96. The van der Waals surface area contributed by atoms with E-state index in [2.05, 4.69) is 4.98 Å². The lowest BCUT2D eigenvalue weighted by Gasteiger charge is -2.11. The average molecular weight is 394 g/mol. The van der Waals surface area contributed by atoms with Gasteiger partial charge in [0.1, 0.15) is 6.61 Å². The molecule has 4 rings (SSSR count). The Morgan fingerprint density at radius 3 is 2.96 bits per heavy atom. The zero-order valence-electron chi connectivity index (χ0n) is 13.4. The lowest BCUT2D eigenvalue weighted by atomic mass is 10.2. The van der Waals surface area contributed by atoms with Crippen LogP contribution in [0.3, 0.4) is 0 Å². The van der Waals surface area contributed by atoms with Crippen LogP contribution in [0.4, 0.5) is 0 Å². The molecule has 3 aromatic heterocycles. The van der Waals surface area contributed by atoms with E-state index in [-0.39, 0.29) is 11.5 Å². The van der Waals surface area contributed by atoms with Gasteiger partial charge in [-0.3, -0.25) is 4.79 Å². The van der Waals surface area contributed by atoms with E-state index in [9.17, 15) is 4.79 Å². The first-order valence-electron chi connectivity index (χ1n) is 7.49. The van der Waals surface area contributed by atoms with Gasteiger partial charge < -0.3 is 13.7 Å². The second-order valence-corrected chi connectivity index (χ2v) is 7.48. The van der Waals surface area contributed by atoms with Crippen LogP contribution in [0.5, 0.6) is 5.75 Å². The van der Waals surface area contributed by atoms with Crippen molar-refractivity contribution in [3.63, 3.8) is 0 Å². The Bertz CT molecular complexity index is 1180. The lowest BCUT2D eigenvalue weighted by Crippen LogP contribution is -2.07. The Morgan fingerprint density at radius 2 is 2.16 bits per heavy atom. The Balaban J connectivity index is 1.75. The molecule has 0 radical (unpaired) electrons. The third-order valence-electron chi connectivity index (χ3n) is 4.00. The monoisotopic (exact) mass is 393 g/mol. The molecule has 25 heavy (non-hydrogen) atoms. The molecule has 0 unspecified atom stereocenters. The van der Waals surface area contributed by atoms with E-state index in [1.165, 1.54) is 4.57 Å². The van der Waals surface area contributed by atoms with Gasteiger partial charge in [-0.1, -0.05) is 34.5 Å². The van der Waals surface area contributed by atoms with Crippen molar-refractivity contribution in [2.24, 2.45) is 7.05 Å². The minimum atomic E-state index is -0.0799. The summed E-state index contributed by atoms with van der Waals surface area (Å²) in [5, 5.41) is 0.917. The summed E-state index contributed by atoms with van der Waals surface area (Å²) in [6.07, 6.45) is 3.84. The van der Waals surface area contributed by atoms with Crippen LogP contribution >= 0.6 is 34.5 Å². The molecule has 1 aromatic carbocycles. The van der Waals surface area contributed by atoms with Crippen LogP contribution in [0.15, 0.2) is 35.4 Å². The van der Waals surface area contributed by atoms with E-state index >= 15 is 0 Å². The largest absolute Gasteiger partial charge is 0.485 e. The Morgan fingerprint density at radius 1 is 1.36 bits per heavy atom. The molecule has 3 heterocycles. The van der Waals surface area contributed by atoms with Gasteiger partial charge in [-0.25, -0.2) is 4.98 Å². The number of halogens is 2. The van der Waals surface area contributed by atoms with Crippen molar-refractivity contribution < 1.29 is 4.74 Å². The predicted octanol–water partition coefficient (Wildman–Crippen LogP) is 4.44. The average Bonchev–Trinajstić information content (AvgIpc) is 3.07. The van der Waals surface area contributed by atoms with E-state index in [0.29, 0.717) is 26.9 Å². The zero-order chi connectivity index (χ0) is 17.7. The van der Waals surface area contributed by atoms with Gasteiger partial charge in [0.25, 0.3) is 0 Å². The summed E-state index contributed by atoms with van der Waals surface area (Å²) >= 11 is 14.0. The van der Waals surface area contributed by atoms with Gasteiger partial charge in [0.05, 0.1) is 26.0 Å². The smallest absolute Gasteiger partial charge is 0.307 e. The summed E-state index contributed by atoms with van der Waals surface area (Å²) in [7, 11) is 1.69. The summed E-state index contributed by atoms with van der Waals surface area (Å²) in [6, 6.07) is 5.49. The third-order valence-corrected chi connectivity index (χ3v) is 5.72. The highest BCUT2D eigenvalue weighted by atomic mass is 35.5. The van der Waals surface area contributed by atoms with Gasteiger partial charge in [0.15, 0.2) is 11.4 Å². The second kappa shape index (κ2) is 6.05. The van der Waals surface area contributed by atoms with Crippen molar-refractivity contribution >= 4 is 50.4 Å². The number of aryl methyl sites for hydroxylation is 2. The van der Waals surface area contributed by atoms with Crippen LogP contribution in [0.1, 0.15) is 11.3 Å². The van der Waals surface area contributed by atoms with E-state index in [0.717, 1.165) is 27.4 Å². The third kappa shape index (κ3) is 2.70. The molecule has 0 aliphatic carbocycles. The second-order valence-electron chi connectivity index (χ2n) is 5.70. The summed E-state index contributed by atoms with van der Waals surface area (Å²) < 4.78 is 10.1. The maximum atomic E-state index is 11.9. The Kier molecular flexibility index (Phi) is 3.98. The van der Waals surface area contributed by atoms with Gasteiger partial charge in [-0.05, 0) is 25.1 Å². The number of imidazole rings is 1. The normalized spacial score (nSPS) is 11.5. The maximum absolute atomic E-state index is 11.9. The summed E-state index contributed by atoms with van der Waals surface area (Å²) in [5.74, 6) is 0.641. The molecule has 0 spiro atoms. The SMILES string of the molecule is Cc1cn2cccc(OCc3c(Cl)cc4sc(=O)n(C)c4c3Cl)c2n1. The maximum Gasteiger partial charge on any atom is 0.307 e. The standard InChI is InChI=1S/C17H13Cl2N3O2S/c1-9-7-22-5-3-4-12(16(22)20-9)24-8-10-11(18)6-13-15(14(10)19)21(2)17(23)25-13/h3-7H,8H2,1-2H3. The van der Waals surface area contributed by atoms with Crippen molar-refractivity contribution in [3.8, 4) is 5.75 Å². The van der Waals surface area contributed by atoms with Crippen molar-refractivity contribution in [2.75, 3.05) is 0 Å². The number of fused-ring (bicyclic) bond motifs is 2. The molecule has 5 nitrogen and oxygen atoms in total. The minimum absolute atomic E-state index is 0.0799. The number of thiazole rings is 1. The van der Waals surface area contributed by atoms with Gasteiger partial charge in [0, 0.05) is 25.0 Å². The topological polar surface area (TPSA) is 48.5 Å². The van der Waals surface area contributed by atoms with E-state index < -0.39 is 0 Å². The minimum Gasteiger partial charge on any atom is -0.485 e. The summed E-state index contributed by atoms with van der Waals surface area (Å²) in [6.45, 7) is 2.11. The van der Waals surface area contributed by atoms with Crippen LogP contribution < -0.4 is 9.61 Å². The van der Waals surface area contributed by atoms with Crippen LogP contribution in [-0.4, -0.2) is 14.0 Å². The van der Waals surface area contributed by atoms with Crippen molar-refractivity contribution in [3.05, 3.63) is 61.6 Å². The highest BCUT2D eigenvalue weighted by Crippen LogP contribution is 2.35. The number of ether oxygens (including phenoxy) is 1. The molecule has 0 fully saturated rings. The van der Waals surface area contributed by atoms with E-state index in [1.54, 1.807) is 13.1 Å². The first-order valence-corrected chi connectivity index (χ1v) is 9.06. The molecule has 0 aliphatic heterocycles. The van der Waals surface area contributed by atoms with Crippen molar-refractivity contribution in [1.82, 2.24) is 14.0 Å². The van der Waals surface area contributed by atoms with Crippen LogP contribution in [0, 0.1) is 6.92 Å². The molecular weight excluding hydrogens is 381 g/mol. The van der Waals surface area contributed by atoms with Crippen LogP contribution in [0.2, 0.25) is 10.0 Å². The summed E-state index contributed by atoms with van der Waals surface area (Å²) in [4.78, 5) is 16.3. The van der Waals surface area contributed by atoms with Gasteiger partial charge in [0.2, 0.25) is 0 Å². The van der Waals surface area contributed by atoms with E-state index in [4.69, 9.17) is 27.9 Å². The molecule has 0 saturated carbocycles. The molecule has 0 bridgehead atoms. The molecule has 8 heteroatoms. The van der Waals surface area contributed by atoms with E-state index in [1.807, 2.05) is 35.9 Å². The number of aromatic nitrogens is 3. The van der Waals surface area contributed by atoms with Crippen molar-refractivity contribution in [2.45, 2.75) is 13.5 Å². The quantitative estimate of drug-likeness (QED) is 0.516. The highest BCUT2D eigenvalue weighted by molar-refractivity contribution is 7.16. The van der Waals surface area contributed by atoms with Gasteiger partial charge in [-0.2, -0.15) is 0 Å². The number of hydrogen-bond donors (Lipinski definition) is 0. The zero-order valence-corrected chi connectivity index (χ0v) is 15.7. The fourth-order valence-corrected chi connectivity index (χ4v) is 4.52. The molecule has 128 valence electrons. The molecular formula is C17H13Cl2N3O2S. The number of benzene rings is 1. The number of rotatable bonds is 3. The van der Waals surface area contributed by atoms with Crippen LogP contribution in [-0.2, 0) is 13.7 Å². The van der Waals surface area contributed by atoms with Gasteiger partial charge >= 0.3 is 4.87 Å². The lowest BCUT2D eigenvalue weighted by molar-refractivity contribution is 0.308.